The fourth-order valence-electron chi connectivity index (χ4n) is 3.83. The second kappa shape index (κ2) is 4.62. The second-order valence-corrected chi connectivity index (χ2v) is 5.79. The van der Waals surface area contributed by atoms with Gasteiger partial charge in [0, 0.05) is 11.5 Å². The fraction of sp³-hybridized carbons (Fsp3) is 0.533. The summed E-state index contributed by atoms with van der Waals surface area (Å²) in [7, 11) is 0. The molecule has 3 aliphatic heterocycles. The van der Waals surface area contributed by atoms with Crippen molar-refractivity contribution in [3.8, 4) is 0 Å². The van der Waals surface area contributed by atoms with E-state index in [2.05, 4.69) is 4.90 Å². The van der Waals surface area contributed by atoms with Crippen LogP contribution >= 0.6 is 0 Å². The van der Waals surface area contributed by atoms with Crippen molar-refractivity contribution in [3.05, 3.63) is 34.9 Å². The monoisotopic (exact) mass is 259 g/mol. The zero-order valence-corrected chi connectivity index (χ0v) is 11.3. The number of piperidine rings is 3. The van der Waals surface area contributed by atoms with E-state index in [0.717, 1.165) is 24.2 Å². The molecule has 2 bridgehead atoms. The van der Waals surface area contributed by atoms with E-state index in [9.17, 15) is 4.79 Å². The molecule has 19 heavy (non-hydrogen) atoms. The van der Waals surface area contributed by atoms with Gasteiger partial charge in [0.25, 0.3) is 0 Å². The largest absolute Gasteiger partial charge is 0.366 e. The second-order valence-electron chi connectivity index (χ2n) is 5.79. The van der Waals surface area contributed by atoms with Gasteiger partial charge in [-0.15, -0.1) is 0 Å². The zero-order chi connectivity index (χ0) is 13.6. The van der Waals surface area contributed by atoms with Gasteiger partial charge in [-0.25, -0.2) is 0 Å². The van der Waals surface area contributed by atoms with E-state index < -0.39 is 0 Å². The van der Waals surface area contributed by atoms with Crippen LogP contribution < -0.4 is 11.5 Å². The molecular formula is C15H21N3O. The molecule has 3 heterocycles. The van der Waals surface area contributed by atoms with Crippen LogP contribution in [0, 0.1) is 12.8 Å². The maximum atomic E-state index is 11.8. The number of rotatable bonds is 2. The number of nitrogens with two attached hydrogens (primary N) is 2. The van der Waals surface area contributed by atoms with Crippen molar-refractivity contribution in [1.29, 1.82) is 0 Å². The van der Waals surface area contributed by atoms with Crippen molar-refractivity contribution in [2.45, 2.75) is 31.8 Å². The summed E-state index contributed by atoms with van der Waals surface area (Å²) in [6, 6.07) is 5.97. The molecule has 3 aliphatic rings. The highest BCUT2D eigenvalue weighted by molar-refractivity contribution is 5.96. The predicted octanol–water partition coefficient (Wildman–Crippen LogP) is 1.19. The Morgan fingerprint density at radius 3 is 2.58 bits per heavy atom. The number of nitrogens with zero attached hydrogens (tertiary/aromatic N) is 1. The molecule has 1 aromatic carbocycles. The van der Waals surface area contributed by atoms with Gasteiger partial charge in [-0.3, -0.25) is 9.69 Å². The highest BCUT2D eigenvalue weighted by Gasteiger charge is 2.42. The van der Waals surface area contributed by atoms with Crippen LogP contribution in [-0.4, -0.2) is 30.1 Å². The lowest BCUT2D eigenvalue weighted by atomic mass is 9.72. The molecule has 1 aromatic rings. The minimum Gasteiger partial charge on any atom is -0.366 e. The molecule has 3 fully saturated rings. The van der Waals surface area contributed by atoms with Crippen molar-refractivity contribution < 1.29 is 4.79 Å². The van der Waals surface area contributed by atoms with Crippen molar-refractivity contribution in [2.75, 3.05) is 13.1 Å². The van der Waals surface area contributed by atoms with Crippen molar-refractivity contribution in [1.82, 2.24) is 4.90 Å². The third kappa shape index (κ3) is 1.95. The predicted molar refractivity (Wildman–Crippen MR) is 74.7 cm³/mol. The smallest absolute Gasteiger partial charge is 0.249 e. The zero-order valence-electron chi connectivity index (χ0n) is 11.3. The molecule has 102 valence electrons. The van der Waals surface area contributed by atoms with Gasteiger partial charge >= 0.3 is 0 Å². The maximum Gasteiger partial charge on any atom is 0.249 e. The topological polar surface area (TPSA) is 72.3 Å². The molecule has 0 aliphatic carbocycles. The van der Waals surface area contributed by atoms with Crippen LogP contribution in [0.5, 0.6) is 0 Å². The summed E-state index contributed by atoms with van der Waals surface area (Å²) in [4.78, 5) is 14.1. The highest BCUT2D eigenvalue weighted by atomic mass is 16.1. The molecule has 4 N–H and O–H groups in total. The summed E-state index contributed by atoms with van der Waals surface area (Å²) in [5.41, 5.74) is 14.6. The average molecular weight is 259 g/mol. The molecule has 1 amide bonds. The molecule has 4 heteroatoms. The Morgan fingerprint density at radius 1 is 1.32 bits per heavy atom. The van der Waals surface area contributed by atoms with Crippen LogP contribution in [0.3, 0.4) is 0 Å². The minimum absolute atomic E-state index is 0.0207. The molecule has 0 saturated carbocycles. The van der Waals surface area contributed by atoms with Gasteiger partial charge in [0.2, 0.25) is 5.91 Å². The van der Waals surface area contributed by atoms with Gasteiger partial charge in [0.15, 0.2) is 0 Å². The molecule has 0 radical (unpaired) electrons. The lowest BCUT2D eigenvalue weighted by Crippen LogP contribution is -2.58. The number of aryl methyl sites for hydroxylation is 1. The van der Waals surface area contributed by atoms with E-state index in [-0.39, 0.29) is 18.0 Å². The Hall–Kier alpha value is -1.39. The Labute approximate surface area is 113 Å². The first-order chi connectivity index (χ1) is 9.09. The number of amides is 1. The van der Waals surface area contributed by atoms with Crippen LogP contribution in [0.1, 0.15) is 40.2 Å². The number of carbonyl (C=O) groups is 1. The fourth-order valence-corrected chi connectivity index (χ4v) is 3.83. The number of benzene rings is 1. The lowest BCUT2D eigenvalue weighted by Gasteiger charge is -2.50. The third-order valence-electron chi connectivity index (χ3n) is 4.78. The van der Waals surface area contributed by atoms with Crippen LogP contribution in [0.25, 0.3) is 0 Å². The van der Waals surface area contributed by atoms with Gasteiger partial charge in [0.1, 0.15) is 0 Å². The summed E-state index contributed by atoms with van der Waals surface area (Å²) in [5, 5.41) is 0. The number of primary amides is 1. The Kier molecular flexibility index (Phi) is 3.07. The number of carbonyl (C=O) groups excluding carboxylic acids is 1. The van der Waals surface area contributed by atoms with Gasteiger partial charge < -0.3 is 11.5 Å². The summed E-state index contributed by atoms with van der Waals surface area (Å²) < 4.78 is 0. The van der Waals surface area contributed by atoms with Crippen molar-refractivity contribution >= 4 is 5.91 Å². The SMILES string of the molecule is Cc1cccc(C2C3CCN(CC3)C2N)c1C(N)=O. The first kappa shape index (κ1) is 12.6. The van der Waals surface area contributed by atoms with E-state index in [1.165, 1.54) is 12.8 Å². The molecular weight excluding hydrogens is 238 g/mol. The average Bonchev–Trinajstić information content (AvgIpc) is 2.39. The number of hydrogen-bond donors (Lipinski definition) is 2. The van der Waals surface area contributed by atoms with E-state index in [0.29, 0.717) is 11.5 Å². The van der Waals surface area contributed by atoms with Crippen LogP contribution in [0.4, 0.5) is 0 Å². The van der Waals surface area contributed by atoms with Crippen LogP contribution in [0.2, 0.25) is 0 Å². The quantitative estimate of drug-likeness (QED) is 0.838. The van der Waals surface area contributed by atoms with Gasteiger partial charge in [-0.05, 0) is 49.9 Å². The molecule has 2 unspecified atom stereocenters. The lowest BCUT2D eigenvalue weighted by molar-refractivity contribution is 0.0284. The third-order valence-corrected chi connectivity index (χ3v) is 4.78. The molecule has 4 nitrogen and oxygen atoms in total. The summed E-state index contributed by atoms with van der Waals surface area (Å²) >= 11 is 0. The normalized spacial score (nSPS) is 33.4. The van der Waals surface area contributed by atoms with Crippen molar-refractivity contribution in [2.24, 2.45) is 17.4 Å². The minimum atomic E-state index is -0.336. The number of hydrogen-bond acceptors (Lipinski definition) is 3. The van der Waals surface area contributed by atoms with E-state index in [4.69, 9.17) is 11.5 Å². The molecule has 0 aromatic heterocycles. The first-order valence-corrected chi connectivity index (χ1v) is 6.98. The van der Waals surface area contributed by atoms with Crippen molar-refractivity contribution in [3.63, 3.8) is 0 Å². The summed E-state index contributed by atoms with van der Waals surface area (Å²) in [6.45, 7) is 4.11. The van der Waals surface area contributed by atoms with Gasteiger partial charge in [-0.2, -0.15) is 0 Å². The standard InChI is InChI=1S/C15H21N3O/c1-9-3-2-4-11(12(9)15(17)19)13-10-5-7-18(8-6-10)14(13)16/h2-4,10,13-14H,5-8,16H2,1H3,(H2,17,19). The first-order valence-electron chi connectivity index (χ1n) is 6.98. The highest BCUT2D eigenvalue weighted by Crippen LogP contribution is 2.42. The van der Waals surface area contributed by atoms with E-state index >= 15 is 0 Å². The molecule has 4 rings (SSSR count). The molecule has 0 spiro atoms. The number of fused-ring (bicyclic) bond motifs is 3. The van der Waals surface area contributed by atoms with E-state index in [1.807, 2.05) is 25.1 Å². The van der Waals surface area contributed by atoms with E-state index in [1.54, 1.807) is 0 Å². The maximum absolute atomic E-state index is 11.8. The molecule has 2 atom stereocenters. The van der Waals surface area contributed by atoms with Crippen LogP contribution in [-0.2, 0) is 0 Å². The Morgan fingerprint density at radius 2 is 2.00 bits per heavy atom. The summed E-state index contributed by atoms with van der Waals surface area (Å²) in [6.07, 6.45) is 2.36. The van der Waals surface area contributed by atoms with Crippen LogP contribution in [0.15, 0.2) is 18.2 Å². The van der Waals surface area contributed by atoms with Gasteiger partial charge in [-0.1, -0.05) is 18.2 Å². The molecule has 3 saturated heterocycles. The summed E-state index contributed by atoms with van der Waals surface area (Å²) in [5.74, 6) is 0.488. The Bertz CT molecular complexity index is 504. The Balaban J connectivity index is 2.07. The van der Waals surface area contributed by atoms with Gasteiger partial charge in [0.05, 0.1) is 6.17 Å².